The maximum Gasteiger partial charge on any atom is 0.0555 e. The molecule has 0 unspecified atom stereocenters. The Morgan fingerprint density at radius 1 is 0.957 bits per heavy atom. The molecular weight excluding hydrogens is 286 g/mol. The summed E-state index contributed by atoms with van der Waals surface area (Å²) in [4.78, 5) is 12.8. The standard InChI is InChI=1S/C20H23NO2/c22-19(23)15-21-13-11-18(12-14-21)20(16-7-3-1-4-8-16)17-9-5-2-6-10-17/h1-10,18,20H,11-15H2,(H,22,23)/p-1. The quantitative estimate of drug-likeness (QED) is 0.851. The van der Waals surface area contributed by atoms with Crippen LogP contribution in [0.3, 0.4) is 0 Å². The van der Waals surface area contributed by atoms with Gasteiger partial charge in [-0.1, -0.05) is 60.7 Å². The Morgan fingerprint density at radius 3 is 1.87 bits per heavy atom. The Balaban J connectivity index is 1.79. The van der Waals surface area contributed by atoms with E-state index >= 15 is 0 Å². The van der Waals surface area contributed by atoms with Crippen LogP contribution >= 0.6 is 0 Å². The summed E-state index contributed by atoms with van der Waals surface area (Å²) in [5.41, 5.74) is 2.69. The van der Waals surface area contributed by atoms with Gasteiger partial charge in [-0.2, -0.15) is 0 Å². The zero-order valence-corrected chi connectivity index (χ0v) is 13.2. The number of hydrogen-bond donors (Lipinski definition) is 0. The zero-order valence-electron chi connectivity index (χ0n) is 13.2. The van der Waals surface area contributed by atoms with Crippen LogP contribution in [0.1, 0.15) is 29.9 Å². The lowest BCUT2D eigenvalue weighted by Gasteiger charge is -2.36. The van der Waals surface area contributed by atoms with Crippen molar-refractivity contribution < 1.29 is 9.90 Å². The molecule has 3 rings (SSSR count). The van der Waals surface area contributed by atoms with Crippen molar-refractivity contribution in [2.45, 2.75) is 18.8 Å². The molecule has 0 aliphatic carbocycles. The van der Waals surface area contributed by atoms with E-state index < -0.39 is 5.97 Å². The second kappa shape index (κ2) is 7.42. The lowest BCUT2D eigenvalue weighted by molar-refractivity contribution is -0.306. The van der Waals surface area contributed by atoms with E-state index in [1.807, 2.05) is 17.0 Å². The third-order valence-electron chi connectivity index (χ3n) is 4.77. The Morgan fingerprint density at radius 2 is 1.43 bits per heavy atom. The second-order valence-corrected chi connectivity index (χ2v) is 6.28. The summed E-state index contributed by atoms with van der Waals surface area (Å²) in [6.45, 7) is 1.71. The van der Waals surface area contributed by atoms with Crippen molar-refractivity contribution in [3.8, 4) is 0 Å². The van der Waals surface area contributed by atoms with Gasteiger partial charge in [0.25, 0.3) is 0 Å². The van der Waals surface area contributed by atoms with E-state index in [1.54, 1.807) is 0 Å². The second-order valence-electron chi connectivity index (χ2n) is 6.28. The highest BCUT2D eigenvalue weighted by Gasteiger charge is 2.28. The molecule has 0 spiro atoms. The first kappa shape index (κ1) is 15.8. The molecule has 0 aromatic heterocycles. The Hall–Kier alpha value is -2.13. The fourth-order valence-electron chi connectivity index (χ4n) is 3.68. The van der Waals surface area contributed by atoms with Gasteiger partial charge in [0.15, 0.2) is 0 Å². The van der Waals surface area contributed by atoms with Crippen LogP contribution in [0.5, 0.6) is 0 Å². The molecule has 0 saturated carbocycles. The smallest absolute Gasteiger partial charge is 0.0555 e. The summed E-state index contributed by atoms with van der Waals surface area (Å²) < 4.78 is 0. The van der Waals surface area contributed by atoms with Crippen molar-refractivity contribution in [3.05, 3.63) is 71.8 Å². The molecule has 1 saturated heterocycles. The molecule has 23 heavy (non-hydrogen) atoms. The van der Waals surface area contributed by atoms with E-state index in [0.717, 1.165) is 25.9 Å². The first-order chi connectivity index (χ1) is 11.2. The van der Waals surface area contributed by atoms with Crippen molar-refractivity contribution in [1.29, 1.82) is 0 Å². The van der Waals surface area contributed by atoms with Gasteiger partial charge in [-0.15, -0.1) is 0 Å². The third kappa shape index (κ3) is 3.99. The SMILES string of the molecule is O=C([O-])CN1CCC(C(c2ccccc2)c2ccccc2)CC1. The summed E-state index contributed by atoms with van der Waals surface area (Å²) in [6.07, 6.45) is 2.03. The van der Waals surface area contributed by atoms with Crippen LogP contribution < -0.4 is 5.11 Å². The molecule has 2 aromatic carbocycles. The molecule has 0 bridgehead atoms. The predicted molar refractivity (Wildman–Crippen MR) is 88.9 cm³/mol. The first-order valence-corrected chi connectivity index (χ1v) is 8.26. The maximum atomic E-state index is 10.8. The lowest BCUT2D eigenvalue weighted by atomic mass is 9.76. The molecule has 1 aliphatic heterocycles. The van der Waals surface area contributed by atoms with Crippen LogP contribution in [-0.4, -0.2) is 30.5 Å². The molecule has 0 N–H and O–H groups in total. The van der Waals surface area contributed by atoms with E-state index in [9.17, 15) is 9.90 Å². The highest BCUT2D eigenvalue weighted by Crippen LogP contribution is 2.37. The number of rotatable bonds is 5. The van der Waals surface area contributed by atoms with Gasteiger partial charge < -0.3 is 9.90 Å². The highest BCUT2D eigenvalue weighted by molar-refractivity contribution is 5.66. The van der Waals surface area contributed by atoms with E-state index in [4.69, 9.17) is 0 Å². The van der Waals surface area contributed by atoms with Crippen LogP contribution in [0.2, 0.25) is 0 Å². The topological polar surface area (TPSA) is 43.4 Å². The summed E-state index contributed by atoms with van der Waals surface area (Å²) in [6, 6.07) is 21.3. The number of nitrogens with zero attached hydrogens (tertiary/aromatic N) is 1. The predicted octanol–water partition coefficient (Wildman–Crippen LogP) is 2.28. The zero-order chi connectivity index (χ0) is 16.1. The van der Waals surface area contributed by atoms with Gasteiger partial charge in [-0.3, -0.25) is 4.90 Å². The van der Waals surface area contributed by atoms with E-state index in [2.05, 4.69) is 48.5 Å². The summed E-state index contributed by atoms with van der Waals surface area (Å²) in [5, 5.41) is 10.8. The maximum absolute atomic E-state index is 10.8. The normalized spacial score (nSPS) is 16.6. The molecule has 3 heteroatoms. The molecule has 1 aliphatic rings. The minimum Gasteiger partial charge on any atom is -0.549 e. The van der Waals surface area contributed by atoms with Gasteiger partial charge in [0.2, 0.25) is 0 Å². The van der Waals surface area contributed by atoms with E-state index in [-0.39, 0.29) is 6.54 Å². The minimum atomic E-state index is -0.980. The Kier molecular flexibility index (Phi) is 5.09. The number of carbonyl (C=O) groups excluding carboxylic acids is 1. The molecule has 0 atom stereocenters. The molecule has 1 fully saturated rings. The monoisotopic (exact) mass is 308 g/mol. The molecule has 2 aromatic rings. The molecule has 0 amide bonds. The van der Waals surface area contributed by atoms with Crippen LogP contribution in [0.25, 0.3) is 0 Å². The molecule has 0 radical (unpaired) electrons. The number of aliphatic carboxylic acids is 1. The summed E-state index contributed by atoms with van der Waals surface area (Å²) in [5.74, 6) is -0.0635. The number of carboxylic acid groups (broad SMARTS) is 1. The van der Waals surface area contributed by atoms with E-state index in [1.165, 1.54) is 11.1 Å². The molecule has 3 nitrogen and oxygen atoms in total. The van der Waals surface area contributed by atoms with Crippen LogP contribution in [0, 0.1) is 5.92 Å². The average molecular weight is 308 g/mol. The van der Waals surface area contributed by atoms with Crippen molar-refractivity contribution in [1.82, 2.24) is 4.90 Å². The fraction of sp³-hybridized carbons (Fsp3) is 0.350. The van der Waals surface area contributed by atoms with Gasteiger partial charge in [0, 0.05) is 12.5 Å². The number of hydrogen-bond acceptors (Lipinski definition) is 3. The Labute approximate surface area is 137 Å². The number of carboxylic acids is 1. The number of piperidine rings is 1. The molecule has 1 heterocycles. The highest BCUT2D eigenvalue weighted by atomic mass is 16.4. The number of benzene rings is 2. The van der Waals surface area contributed by atoms with Crippen LogP contribution in [0.15, 0.2) is 60.7 Å². The van der Waals surface area contributed by atoms with E-state index in [0.29, 0.717) is 11.8 Å². The van der Waals surface area contributed by atoms with Crippen molar-refractivity contribution >= 4 is 5.97 Å². The van der Waals surface area contributed by atoms with Gasteiger partial charge in [0.05, 0.1) is 5.97 Å². The van der Waals surface area contributed by atoms with Crippen LogP contribution in [0.4, 0.5) is 0 Å². The first-order valence-electron chi connectivity index (χ1n) is 8.26. The summed E-state index contributed by atoms with van der Waals surface area (Å²) in [7, 11) is 0. The average Bonchev–Trinajstić information content (AvgIpc) is 2.58. The minimum absolute atomic E-state index is 0.0497. The summed E-state index contributed by atoms with van der Waals surface area (Å²) >= 11 is 0. The molecular formula is C20H22NO2-. The van der Waals surface area contributed by atoms with Gasteiger partial charge in [-0.25, -0.2) is 0 Å². The Bertz CT molecular complexity index is 579. The van der Waals surface area contributed by atoms with Crippen LogP contribution in [-0.2, 0) is 4.79 Å². The van der Waals surface area contributed by atoms with Gasteiger partial charge in [-0.05, 0) is 43.0 Å². The van der Waals surface area contributed by atoms with Crippen molar-refractivity contribution in [2.75, 3.05) is 19.6 Å². The number of carbonyl (C=O) groups is 1. The fourth-order valence-corrected chi connectivity index (χ4v) is 3.68. The third-order valence-corrected chi connectivity index (χ3v) is 4.77. The van der Waals surface area contributed by atoms with Gasteiger partial charge in [0.1, 0.15) is 0 Å². The number of likely N-dealkylation sites (tertiary alicyclic amines) is 1. The van der Waals surface area contributed by atoms with Gasteiger partial charge >= 0.3 is 0 Å². The molecule has 120 valence electrons. The largest absolute Gasteiger partial charge is 0.549 e. The van der Waals surface area contributed by atoms with Crippen molar-refractivity contribution in [2.24, 2.45) is 5.92 Å². The lowest BCUT2D eigenvalue weighted by Crippen LogP contribution is -2.43. The van der Waals surface area contributed by atoms with Crippen molar-refractivity contribution in [3.63, 3.8) is 0 Å².